The number of urea groups is 2. The fourth-order valence-corrected chi connectivity index (χ4v) is 10.8. The number of ether oxygens (including phenoxy) is 4. The van der Waals surface area contributed by atoms with E-state index in [-0.39, 0.29) is 31.0 Å². The molecule has 9 rings (SSSR count). The second-order valence-corrected chi connectivity index (χ2v) is 18.6. The molecule has 4 aliphatic heterocycles. The molecule has 382 valence electrons. The molecule has 0 saturated carbocycles. The molecule has 5 aromatic carbocycles. The van der Waals surface area contributed by atoms with Gasteiger partial charge in [0, 0.05) is 30.0 Å². The quantitative estimate of drug-likeness (QED) is 0.0763. The van der Waals surface area contributed by atoms with E-state index in [0.717, 1.165) is 10.6 Å². The first kappa shape index (κ1) is 50.7. The number of fused-ring (bicyclic) bond motifs is 3. The number of nitrogens with zero attached hydrogens (tertiary/aromatic N) is 3. The van der Waals surface area contributed by atoms with Crippen LogP contribution in [0.15, 0.2) is 127 Å². The number of methoxy groups -OCH3 is 1. The van der Waals surface area contributed by atoms with Crippen LogP contribution < -0.4 is 36.2 Å². The van der Waals surface area contributed by atoms with Gasteiger partial charge in [-0.05, 0) is 82.8 Å². The summed E-state index contributed by atoms with van der Waals surface area (Å²) < 4.78 is 23.1. The minimum atomic E-state index is -2.18. The topological polar surface area (TPSA) is 231 Å². The smallest absolute Gasteiger partial charge is 0.329 e. The Balaban J connectivity index is 1.32. The number of aliphatic hydroxyl groups excluding tert-OH is 1. The van der Waals surface area contributed by atoms with Crippen molar-refractivity contribution >= 4 is 52.9 Å². The van der Waals surface area contributed by atoms with E-state index in [0.29, 0.717) is 60.0 Å². The van der Waals surface area contributed by atoms with Crippen molar-refractivity contribution in [3.8, 4) is 17.6 Å². The highest BCUT2D eigenvalue weighted by Gasteiger charge is 2.75. The van der Waals surface area contributed by atoms with E-state index in [1.165, 1.54) is 13.2 Å². The molecule has 18 heteroatoms. The summed E-state index contributed by atoms with van der Waals surface area (Å²) in [5.41, 5.74) is 6.80. The highest BCUT2D eigenvalue weighted by atomic mass is 16.6. The van der Waals surface area contributed by atoms with Crippen LogP contribution in [0.25, 0.3) is 0 Å². The average Bonchev–Trinajstić information content (AvgIpc) is 3.88. The van der Waals surface area contributed by atoms with Crippen molar-refractivity contribution < 1.29 is 52.8 Å². The number of cyclic esters (lactones) is 1. The van der Waals surface area contributed by atoms with Crippen LogP contribution in [0.5, 0.6) is 5.75 Å². The highest BCUT2D eigenvalue weighted by Crippen LogP contribution is 2.66. The number of hydrogen-bond donors (Lipinski definition) is 5. The van der Waals surface area contributed by atoms with Gasteiger partial charge in [-0.25, -0.2) is 19.3 Å². The Bertz CT molecular complexity index is 2960. The van der Waals surface area contributed by atoms with Gasteiger partial charge in [-0.3, -0.25) is 19.3 Å². The molecule has 7 atom stereocenters. The molecular weight excluding hydrogens is 947 g/mol. The van der Waals surface area contributed by atoms with Gasteiger partial charge in [-0.2, -0.15) is 0 Å². The number of primary amides is 1. The molecule has 6 amide bonds. The highest BCUT2D eigenvalue weighted by molar-refractivity contribution is 6.25. The lowest BCUT2D eigenvalue weighted by molar-refractivity contribution is -0.177. The number of nitrogens with one attached hydrogen (secondary N) is 3. The Morgan fingerprint density at radius 2 is 1.53 bits per heavy atom. The molecule has 0 radical (unpaired) electrons. The first-order valence-corrected chi connectivity index (χ1v) is 24.4. The molecular formula is C56H57N7O11. The van der Waals surface area contributed by atoms with Gasteiger partial charge in [0.15, 0.2) is 0 Å². The summed E-state index contributed by atoms with van der Waals surface area (Å²) in [6.07, 6.45) is -0.985. The normalized spacial score (nSPS) is 22.4. The van der Waals surface area contributed by atoms with Crippen LogP contribution in [0.2, 0.25) is 0 Å². The van der Waals surface area contributed by atoms with E-state index in [2.05, 4.69) is 32.7 Å². The summed E-state index contributed by atoms with van der Waals surface area (Å²) in [7, 11) is 1.19. The molecule has 7 unspecified atom stereocenters. The molecule has 3 fully saturated rings. The average molecular weight is 1000 g/mol. The first-order valence-electron chi connectivity index (χ1n) is 24.4. The van der Waals surface area contributed by atoms with Crippen LogP contribution in [0.3, 0.4) is 0 Å². The van der Waals surface area contributed by atoms with Gasteiger partial charge in [0.05, 0.1) is 57.2 Å². The van der Waals surface area contributed by atoms with Gasteiger partial charge in [0.25, 0.3) is 0 Å². The third-order valence-electron chi connectivity index (χ3n) is 14.0. The molecule has 0 aromatic heterocycles. The first-order chi connectivity index (χ1) is 35.9. The molecule has 6 N–H and O–H groups in total. The second-order valence-electron chi connectivity index (χ2n) is 18.6. The lowest BCUT2D eigenvalue weighted by Crippen LogP contribution is -2.57. The van der Waals surface area contributed by atoms with Gasteiger partial charge in [0.1, 0.15) is 36.0 Å². The van der Waals surface area contributed by atoms with E-state index in [9.17, 15) is 14.7 Å². The van der Waals surface area contributed by atoms with Gasteiger partial charge in [-0.15, -0.1) is 0 Å². The van der Waals surface area contributed by atoms with Crippen molar-refractivity contribution in [2.45, 2.75) is 49.5 Å². The van der Waals surface area contributed by atoms with Crippen LogP contribution in [0.1, 0.15) is 59.9 Å². The number of morpholine rings is 2. The van der Waals surface area contributed by atoms with Gasteiger partial charge >= 0.3 is 24.0 Å². The zero-order chi connectivity index (χ0) is 52.1. The maximum absolute atomic E-state index is 16.7. The number of amides is 6. The third kappa shape index (κ3) is 9.60. The van der Waals surface area contributed by atoms with Crippen molar-refractivity contribution in [3.05, 3.63) is 155 Å². The Morgan fingerprint density at radius 3 is 2.16 bits per heavy atom. The van der Waals surface area contributed by atoms with Crippen LogP contribution in [0, 0.1) is 23.7 Å². The fourth-order valence-electron chi connectivity index (χ4n) is 10.8. The molecule has 4 aliphatic rings. The van der Waals surface area contributed by atoms with Crippen LogP contribution in [0.4, 0.5) is 26.7 Å². The minimum absolute atomic E-state index is 0.00505. The summed E-state index contributed by atoms with van der Waals surface area (Å²) in [5.74, 6) is 1.00. The number of benzene rings is 5. The number of esters is 2. The maximum atomic E-state index is 16.7. The number of aliphatic hydroxyl groups is 1. The predicted octanol–water partition coefficient (Wildman–Crippen LogP) is 5.13. The van der Waals surface area contributed by atoms with Crippen molar-refractivity contribution in [2.24, 2.45) is 17.6 Å². The lowest BCUT2D eigenvalue weighted by atomic mass is 9.65. The van der Waals surface area contributed by atoms with E-state index in [4.69, 9.17) is 24.7 Å². The van der Waals surface area contributed by atoms with Crippen molar-refractivity contribution in [2.75, 3.05) is 68.3 Å². The molecule has 1 spiro atoms. The largest absolute Gasteiger partial charge is 0.491 e. The van der Waals surface area contributed by atoms with Crippen LogP contribution >= 0.6 is 0 Å². The van der Waals surface area contributed by atoms with Crippen molar-refractivity contribution in [3.63, 3.8) is 0 Å². The number of rotatable bonds is 13. The number of anilines is 3. The number of nitrogens with two attached hydrogens (primary N) is 1. The standard InChI is InChI=1S/C56H57N7O11/c1-34(2)45(51(66)71-3)60-55(70)62-43-25-16-35(11-10-26-58-54(57)69)33-42(43)56(53(62)68)44(50(65)59-39-19-21-40(22-20-39)61-27-30-72-31-28-61)47-52(67)74-48(37-14-8-5-9-15-37)46(36-12-6-4-7-13-36)63(47)49(56)38-17-23-41(24-18-38)73-32-29-64/h4-9,12-25,33-34,44-49,64H,26-32H2,1-3H3,(H,59,65)(H,60,70)(H3,57,58,69). The molecule has 0 aliphatic carbocycles. The Morgan fingerprint density at radius 1 is 0.851 bits per heavy atom. The Hall–Kier alpha value is -8.24. The summed E-state index contributed by atoms with van der Waals surface area (Å²) in [5, 5.41) is 17.9. The van der Waals surface area contributed by atoms with E-state index < -0.39 is 83.3 Å². The van der Waals surface area contributed by atoms with E-state index in [1.54, 1.807) is 62.4 Å². The second kappa shape index (κ2) is 21.9. The summed E-state index contributed by atoms with van der Waals surface area (Å²) in [4.78, 5) is 93.3. The van der Waals surface area contributed by atoms with Crippen molar-refractivity contribution in [1.82, 2.24) is 15.5 Å². The van der Waals surface area contributed by atoms with Gasteiger partial charge < -0.3 is 50.6 Å². The van der Waals surface area contributed by atoms with Crippen LogP contribution in [-0.2, 0) is 38.8 Å². The number of carbonyl (C=O) groups is 6. The summed E-state index contributed by atoms with van der Waals surface area (Å²) in [6.45, 7) is 5.53. The monoisotopic (exact) mass is 1000 g/mol. The molecule has 74 heavy (non-hydrogen) atoms. The van der Waals surface area contributed by atoms with Crippen molar-refractivity contribution in [1.29, 1.82) is 0 Å². The molecule has 18 nitrogen and oxygen atoms in total. The Kier molecular flexibility index (Phi) is 15.0. The third-order valence-corrected chi connectivity index (χ3v) is 14.0. The maximum Gasteiger partial charge on any atom is 0.329 e. The molecule has 0 bridgehead atoms. The fraction of sp³-hybridized carbons (Fsp3) is 0.321. The SMILES string of the molecule is COC(=O)C(NC(=O)N1C(=O)C2(c3cc(C#CCNC(N)=O)ccc31)C(C(=O)Nc1ccc(N3CCOCC3)cc1)C1C(=O)OC(c3ccccc3)C(c3ccccc3)N1C2c1ccc(OCCO)cc1)C(C)C. The lowest BCUT2D eigenvalue weighted by Gasteiger charge is -2.46. The Labute approximate surface area is 428 Å². The summed E-state index contributed by atoms with van der Waals surface area (Å²) in [6, 6.07) is 30.8. The van der Waals surface area contributed by atoms with Gasteiger partial charge in [-0.1, -0.05) is 98.5 Å². The zero-order valence-corrected chi connectivity index (χ0v) is 41.1. The molecule has 5 aromatic rings. The minimum Gasteiger partial charge on any atom is -0.491 e. The number of hydrogen-bond acceptors (Lipinski definition) is 13. The molecule has 4 heterocycles. The molecule has 3 saturated heterocycles. The predicted molar refractivity (Wildman–Crippen MR) is 273 cm³/mol. The van der Waals surface area contributed by atoms with Gasteiger partial charge in [0.2, 0.25) is 11.8 Å². The zero-order valence-electron chi connectivity index (χ0n) is 41.1. The number of carbonyl (C=O) groups excluding carboxylic acids is 6. The summed E-state index contributed by atoms with van der Waals surface area (Å²) >= 11 is 0. The van der Waals surface area contributed by atoms with E-state index >= 15 is 19.2 Å². The van der Waals surface area contributed by atoms with Crippen LogP contribution in [-0.4, -0.2) is 111 Å². The van der Waals surface area contributed by atoms with E-state index in [1.807, 2.05) is 77.7 Å². The number of imide groups is 1.